The van der Waals surface area contributed by atoms with Crippen LogP contribution in [-0.4, -0.2) is 30.2 Å². The first-order valence-corrected chi connectivity index (χ1v) is 6.98. The molecule has 1 aromatic heterocycles. The molecule has 0 saturated heterocycles. The minimum atomic E-state index is 0.366. The molecule has 0 radical (unpaired) electrons. The first-order valence-electron chi connectivity index (χ1n) is 6.98. The fourth-order valence-corrected chi connectivity index (χ4v) is 2.56. The highest BCUT2D eigenvalue weighted by molar-refractivity contribution is 5.43. The van der Waals surface area contributed by atoms with Gasteiger partial charge in [0, 0.05) is 32.3 Å². The summed E-state index contributed by atoms with van der Waals surface area (Å²) >= 11 is 0. The van der Waals surface area contributed by atoms with Gasteiger partial charge in [0.05, 0.1) is 12.3 Å². The summed E-state index contributed by atoms with van der Waals surface area (Å²) in [6.45, 7) is 2.31. The van der Waals surface area contributed by atoms with E-state index in [4.69, 9.17) is 4.74 Å². The van der Waals surface area contributed by atoms with Crippen LogP contribution in [0.25, 0.3) is 0 Å². The second kappa shape index (κ2) is 6.11. The Morgan fingerprint density at radius 1 is 1.30 bits per heavy atom. The molecule has 0 spiro atoms. The molecule has 1 aliphatic carbocycles. The highest BCUT2D eigenvalue weighted by Gasteiger charge is 2.29. The minimum Gasteiger partial charge on any atom is -0.383 e. The van der Waals surface area contributed by atoms with Crippen LogP contribution in [0.2, 0.25) is 0 Å². The number of fused-ring (bicyclic) bond motifs is 1. The third kappa shape index (κ3) is 2.71. The van der Waals surface area contributed by atoms with Crippen molar-refractivity contribution in [2.45, 2.75) is 18.9 Å². The summed E-state index contributed by atoms with van der Waals surface area (Å²) in [5.41, 5.74) is 3.83. The van der Waals surface area contributed by atoms with Crippen LogP contribution < -0.4 is 5.32 Å². The van der Waals surface area contributed by atoms with Crippen LogP contribution in [0, 0.1) is 0 Å². The van der Waals surface area contributed by atoms with E-state index in [0.717, 1.165) is 31.0 Å². The van der Waals surface area contributed by atoms with Gasteiger partial charge < -0.3 is 10.1 Å². The smallest absolute Gasteiger partial charge is 0.136 e. The van der Waals surface area contributed by atoms with Crippen LogP contribution in [0.3, 0.4) is 0 Å². The molecule has 0 saturated carbocycles. The van der Waals surface area contributed by atoms with Gasteiger partial charge in [-0.2, -0.15) is 0 Å². The van der Waals surface area contributed by atoms with Crippen LogP contribution in [0.15, 0.2) is 36.5 Å². The van der Waals surface area contributed by atoms with E-state index in [-0.39, 0.29) is 0 Å². The van der Waals surface area contributed by atoms with Gasteiger partial charge in [-0.15, -0.1) is 0 Å². The number of methoxy groups -OCH3 is 1. The zero-order chi connectivity index (χ0) is 13.8. The van der Waals surface area contributed by atoms with Gasteiger partial charge >= 0.3 is 0 Å². The zero-order valence-electron chi connectivity index (χ0n) is 11.7. The first kappa shape index (κ1) is 13.2. The number of hydrogen-bond acceptors (Lipinski definition) is 4. The number of aromatic nitrogens is 2. The van der Waals surface area contributed by atoms with Crippen LogP contribution in [0.1, 0.15) is 28.6 Å². The Labute approximate surface area is 119 Å². The van der Waals surface area contributed by atoms with Crippen molar-refractivity contribution in [3.05, 3.63) is 59.2 Å². The van der Waals surface area contributed by atoms with Gasteiger partial charge in [-0.05, 0) is 23.6 Å². The Morgan fingerprint density at radius 2 is 2.20 bits per heavy atom. The van der Waals surface area contributed by atoms with Crippen molar-refractivity contribution in [1.29, 1.82) is 0 Å². The van der Waals surface area contributed by atoms with Gasteiger partial charge in [-0.1, -0.05) is 24.3 Å². The molecular formula is C16H19N3O. The lowest BCUT2D eigenvalue weighted by Crippen LogP contribution is -2.22. The highest BCUT2D eigenvalue weighted by atomic mass is 16.5. The molecule has 1 aliphatic rings. The minimum absolute atomic E-state index is 0.366. The fourth-order valence-electron chi connectivity index (χ4n) is 2.56. The quantitative estimate of drug-likeness (QED) is 0.814. The van der Waals surface area contributed by atoms with Gasteiger partial charge in [0.25, 0.3) is 0 Å². The summed E-state index contributed by atoms with van der Waals surface area (Å²) in [7, 11) is 1.71. The van der Waals surface area contributed by atoms with E-state index < -0.39 is 0 Å². The van der Waals surface area contributed by atoms with Crippen molar-refractivity contribution in [3.8, 4) is 0 Å². The van der Waals surface area contributed by atoms with Crippen molar-refractivity contribution in [3.63, 3.8) is 0 Å². The van der Waals surface area contributed by atoms with E-state index in [1.54, 1.807) is 7.11 Å². The second-order valence-corrected chi connectivity index (χ2v) is 5.03. The Hall–Kier alpha value is -1.78. The van der Waals surface area contributed by atoms with Crippen LogP contribution in [-0.2, 0) is 17.7 Å². The van der Waals surface area contributed by atoms with E-state index in [1.807, 2.05) is 12.3 Å². The molecule has 2 aromatic rings. The topological polar surface area (TPSA) is 47.0 Å². The number of nitrogens with zero attached hydrogens (tertiary/aromatic N) is 2. The molecule has 4 heteroatoms. The average Bonchev–Trinajstić information content (AvgIpc) is 2.46. The molecule has 3 rings (SSSR count). The number of ether oxygens (including phenoxy) is 1. The molecule has 20 heavy (non-hydrogen) atoms. The molecule has 0 amide bonds. The van der Waals surface area contributed by atoms with Gasteiger partial charge in [0.2, 0.25) is 0 Å². The van der Waals surface area contributed by atoms with Gasteiger partial charge in [0.15, 0.2) is 0 Å². The largest absolute Gasteiger partial charge is 0.383 e. The number of rotatable bonds is 6. The molecule has 0 aliphatic heterocycles. The van der Waals surface area contributed by atoms with Crippen LogP contribution in [0.4, 0.5) is 0 Å². The number of nitrogens with one attached hydrogen (secondary N) is 1. The predicted molar refractivity (Wildman–Crippen MR) is 77.6 cm³/mol. The molecule has 1 unspecified atom stereocenters. The first-order chi connectivity index (χ1) is 9.88. The highest BCUT2D eigenvalue weighted by Crippen LogP contribution is 2.38. The van der Waals surface area contributed by atoms with E-state index in [0.29, 0.717) is 12.5 Å². The summed E-state index contributed by atoms with van der Waals surface area (Å²) in [6.07, 6.45) is 2.91. The van der Waals surface area contributed by atoms with Crippen molar-refractivity contribution >= 4 is 0 Å². The van der Waals surface area contributed by atoms with Crippen molar-refractivity contribution in [1.82, 2.24) is 15.3 Å². The molecule has 1 aromatic carbocycles. The van der Waals surface area contributed by atoms with E-state index in [1.165, 1.54) is 11.1 Å². The lowest BCUT2D eigenvalue weighted by Gasteiger charge is -2.28. The van der Waals surface area contributed by atoms with E-state index in [2.05, 4.69) is 39.6 Å². The zero-order valence-corrected chi connectivity index (χ0v) is 11.7. The lowest BCUT2D eigenvalue weighted by atomic mass is 9.77. The van der Waals surface area contributed by atoms with Crippen LogP contribution >= 0.6 is 0 Å². The summed E-state index contributed by atoms with van der Waals surface area (Å²) in [5.74, 6) is 1.31. The second-order valence-electron chi connectivity index (χ2n) is 5.03. The maximum atomic E-state index is 5.01. The predicted octanol–water partition coefficient (Wildman–Crippen LogP) is 1.90. The molecule has 1 heterocycles. The molecular weight excluding hydrogens is 250 g/mol. The summed E-state index contributed by atoms with van der Waals surface area (Å²) in [4.78, 5) is 9.12. The van der Waals surface area contributed by atoms with E-state index >= 15 is 0 Å². The Morgan fingerprint density at radius 3 is 3.05 bits per heavy atom. The molecule has 0 fully saturated rings. The molecule has 0 bridgehead atoms. The van der Waals surface area contributed by atoms with Crippen molar-refractivity contribution in [2.75, 3.05) is 20.3 Å². The normalized spacial score (nSPS) is 16.6. The molecule has 1 atom stereocenters. The van der Waals surface area contributed by atoms with Gasteiger partial charge in [-0.25, -0.2) is 9.97 Å². The standard InChI is InChI=1S/C16H19N3O/c1-20-9-8-17-11-13-6-7-18-16(19-13)15-10-12-4-2-3-5-14(12)15/h2-7,15,17H,8-11H2,1H3. The third-order valence-electron chi connectivity index (χ3n) is 3.69. The Kier molecular flexibility index (Phi) is 4.04. The monoisotopic (exact) mass is 269 g/mol. The SMILES string of the molecule is COCCNCc1ccnc(C2Cc3ccccc32)n1. The van der Waals surface area contributed by atoms with Crippen molar-refractivity contribution < 1.29 is 4.74 Å². The van der Waals surface area contributed by atoms with E-state index in [9.17, 15) is 0 Å². The Bertz CT molecular complexity index is 585. The average molecular weight is 269 g/mol. The summed E-state index contributed by atoms with van der Waals surface area (Å²) in [5, 5.41) is 3.31. The van der Waals surface area contributed by atoms with Crippen LogP contribution in [0.5, 0.6) is 0 Å². The maximum Gasteiger partial charge on any atom is 0.136 e. The molecule has 1 N–H and O–H groups in total. The maximum absolute atomic E-state index is 5.01. The van der Waals surface area contributed by atoms with Crippen molar-refractivity contribution in [2.24, 2.45) is 0 Å². The molecule has 4 nitrogen and oxygen atoms in total. The summed E-state index contributed by atoms with van der Waals surface area (Å²) < 4.78 is 5.01. The number of benzene rings is 1. The Balaban J connectivity index is 1.67. The lowest BCUT2D eigenvalue weighted by molar-refractivity contribution is 0.199. The number of hydrogen-bond donors (Lipinski definition) is 1. The fraction of sp³-hybridized carbons (Fsp3) is 0.375. The third-order valence-corrected chi connectivity index (χ3v) is 3.69. The summed E-state index contributed by atoms with van der Waals surface area (Å²) in [6, 6.07) is 10.5. The van der Waals surface area contributed by atoms with Gasteiger partial charge in [0.1, 0.15) is 5.82 Å². The van der Waals surface area contributed by atoms with Gasteiger partial charge in [-0.3, -0.25) is 0 Å². The molecule has 104 valence electrons.